The molecule has 0 unspecified atom stereocenters. The number of anilines is 2. The quantitative estimate of drug-likeness (QED) is 0.340. The highest BCUT2D eigenvalue weighted by molar-refractivity contribution is 7.19. The standard InChI is InChI=1S/C20H22N6S/c1-14-5-9-17(10-6-14)23-24-19-15(2)22-20(27-19)25-21-13-16-7-11-18(12-8-16)26(3)4/h5-13H,1-4H3,(H,22,25)/b21-13+,24-23?. The summed E-state index contributed by atoms with van der Waals surface area (Å²) in [4.78, 5) is 6.50. The molecule has 2 aromatic carbocycles. The van der Waals surface area contributed by atoms with E-state index < -0.39 is 0 Å². The average Bonchev–Trinajstić information content (AvgIpc) is 3.01. The molecule has 0 saturated carbocycles. The number of aryl methyl sites for hydroxylation is 2. The molecule has 0 atom stereocenters. The van der Waals surface area contributed by atoms with Gasteiger partial charge in [-0.05, 0) is 43.7 Å². The van der Waals surface area contributed by atoms with Crippen molar-refractivity contribution in [2.45, 2.75) is 13.8 Å². The molecule has 0 fully saturated rings. The third-order valence-electron chi connectivity index (χ3n) is 3.85. The molecular formula is C20H22N6S. The summed E-state index contributed by atoms with van der Waals surface area (Å²) in [5, 5.41) is 14.3. The zero-order valence-electron chi connectivity index (χ0n) is 15.8. The normalized spacial score (nSPS) is 11.4. The van der Waals surface area contributed by atoms with E-state index >= 15 is 0 Å². The van der Waals surface area contributed by atoms with Crippen LogP contribution >= 0.6 is 11.3 Å². The Morgan fingerprint density at radius 1 is 0.963 bits per heavy atom. The molecule has 1 heterocycles. The van der Waals surface area contributed by atoms with E-state index in [4.69, 9.17) is 0 Å². The highest BCUT2D eigenvalue weighted by atomic mass is 32.1. The number of nitrogens with zero attached hydrogens (tertiary/aromatic N) is 5. The van der Waals surface area contributed by atoms with Crippen molar-refractivity contribution in [1.29, 1.82) is 0 Å². The monoisotopic (exact) mass is 378 g/mol. The van der Waals surface area contributed by atoms with Crippen LogP contribution in [0.4, 0.5) is 21.5 Å². The Hall–Kier alpha value is -3.06. The fourth-order valence-electron chi connectivity index (χ4n) is 2.26. The van der Waals surface area contributed by atoms with Gasteiger partial charge in [-0.1, -0.05) is 41.2 Å². The van der Waals surface area contributed by atoms with Gasteiger partial charge in [-0.3, -0.25) is 5.43 Å². The van der Waals surface area contributed by atoms with E-state index in [1.165, 1.54) is 16.9 Å². The lowest BCUT2D eigenvalue weighted by atomic mass is 10.2. The maximum atomic E-state index is 4.44. The summed E-state index contributed by atoms with van der Waals surface area (Å²) in [6.07, 6.45) is 1.77. The van der Waals surface area contributed by atoms with Crippen LogP contribution in [0, 0.1) is 13.8 Å². The van der Waals surface area contributed by atoms with E-state index in [2.05, 4.69) is 42.8 Å². The fourth-order valence-corrected chi connectivity index (χ4v) is 3.00. The molecule has 1 aromatic heterocycles. The van der Waals surface area contributed by atoms with E-state index in [9.17, 15) is 0 Å². The van der Waals surface area contributed by atoms with Crippen molar-refractivity contribution in [1.82, 2.24) is 4.98 Å². The molecule has 6 nitrogen and oxygen atoms in total. The van der Waals surface area contributed by atoms with Gasteiger partial charge in [0.1, 0.15) is 0 Å². The Morgan fingerprint density at radius 2 is 1.67 bits per heavy atom. The first-order valence-electron chi connectivity index (χ1n) is 8.53. The Bertz CT molecular complexity index is 940. The maximum absolute atomic E-state index is 4.44. The Balaban J connectivity index is 1.63. The number of benzene rings is 2. The molecule has 0 spiro atoms. The van der Waals surface area contributed by atoms with Crippen molar-refractivity contribution in [2.75, 3.05) is 24.4 Å². The zero-order chi connectivity index (χ0) is 19.2. The van der Waals surface area contributed by atoms with Gasteiger partial charge in [0.15, 0.2) is 5.00 Å². The Morgan fingerprint density at radius 3 is 2.33 bits per heavy atom. The van der Waals surface area contributed by atoms with Gasteiger partial charge in [0.25, 0.3) is 0 Å². The van der Waals surface area contributed by atoms with Crippen molar-refractivity contribution < 1.29 is 0 Å². The second-order valence-corrected chi connectivity index (χ2v) is 7.28. The van der Waals surface area contributed by atoms with Gasteiger partial charge in [-0.25, -0.2) is 4.98 Å². The highest BCUT2D eigenvalue weighted by Crippen LogP contribution is 2.32. The van der Waals surface area contributed by atoms with E-state index in [0.29, 0.717) is 5.13 Å². The van der Waals surface area contributed by atoms with Crippen LogP contribution < -0.4 is 10.3 Å². The Labute approximate surface area is 163 Å². The number of hydrazone groups is 1. The van der Waals surface area contributed by atoms with Gasteiger partial charge in [0, 0.05) is 19.8 Å². The number of hydrogen-bond acceptors (Lipinski definition) is 7. The number of thiazole rings is 1. The zero-order valence-corrected chi connectivity index (χ0v) is 16.7. The molecule has 0 amide bonds. The molecule has 3 aromatic rings. The van der Waals surface area contributed by atoms with Crippen LogP contribution in [-0.2, 0) is 0 Å². The molecule has 0 aliphatic carbocycles. The first-order chi connectivity index (χ1) is 13.0. The van der Waals surface area contributed by atoms with Gasteiger partial charge in [-0.2, -0.15) is 5.10 Å². The van der Waals surface area contributed by atoms with Crippen molar-refractivity contribution in [2.24, 2.45) is 15.3 Å². The number of hydrogen-bond donors (Lipinski definition) is 1. The van der Waals surface area contributed by atoms with E-state index in [1.54, 1.807) is 6.21 Å². The van der Waals surface area contributed by atoms with Gasteiger partial charge in [-0.15, -0.1) is 10.2 Å². The molecule has 3 rings (SSSR count). The van der Waals surface area contributed by atoms with Crippen molar-refractivity contribution >= 4 is 39.1 Å². The number of azo groups is 1. The molecule has 0 aliphatic heterocycles. The molecule has 7 heteroatoms. The summed E-state index contributed by atoms with van der Waals surface area (Å²) < 4.78 is 0. The lowest BCUT2D eigenvalue weighted by molar-refractivity contribution is 1.13. The minimum absolute atomic E-state index is 0.687. The number of rotatable bonds is 6. The van der Waals surface area contributed by atoms with Crippen LogP contribution in [-0.4, -0.2) is 25.3 Å². The minimum Gasteiger partial charge on any atom is -0.378 e. The maximum Gasteiger partial charge on any atom is 0.205 e. The Kier molecular flexibility index (Phi) is 5.93. The second kappa shape index (κ2) is 8.55. The third kappa shape index (κ3) is 5.21. The van der Waals surface area contributed by atoms with Crippen LogP contribution in [0.5, 0.6) is 0 Å². The van der Waals surface area contributed by atoms with Crippen molar-refractivity contribution in [3.05, 3.63) is 65.4 Å². The lowest BCUT2D eigenvalue weighted by Crippen LogP contribution is -2.08. The summed E-state index contributed by atoms with van der Waals surface area (Å²) in [6.45, 7) is 3.96. The van der Waals surface area contributed by atoms with E-state index in [0.717, 1.165) is 27.6 Å². The van der Waals surface area contributed by atoms with Gasteiger partial charge in [0.05, 0.1) is 17.6 Å². The van der Waals surface area contributed by atoms with Gasteiger partial charge >= 0.3 is 0 Å². The molecule has 27 heavy (non-hydrogen) atoms. The first-order valence-corrected chi connectivity index (χ1v) is 9.35. The predicted octanol–water partition coefficient (Wildman–Crippen LogP) is 5.69. The van der Waals surface area contributed by atoms with E-state index in [1.807, 2.05) is 64.3 Å². The van der Waals surface area contributed by atoms with Crippen molar-refractivity contribution in [3.8, 4) is 0 Å². The summed E-state index contributed by atoms with van der Waals surface area (Å²) in [6, 6.07) is 16.1. The second-order valence-electron chi connectivity index (χ2n) is 6.30. The first kappa shape index (κ1) is 18.7. The summed E-state index contributed by atoms with van der Waals surface area (Å²) in [5.74, 6) is 0. The van der Waals surface area contributed by atoms with Crippen LogP contribution in [0.25, 0.3) is 0 Å². The number of nitrogens with one attached hydrogen (secondary N) is 1. The van der Waals surface area contributed by atoms with E-state index in [-0.39, 0.29) is 0 Å². The molecular weight excluding hydrogens is 356 g/mol. The van der Waals surface area contributed by atoms with Crippen LogP contribution in [0.2, 0.25) is 0 Å². The highest BCUT2D eigenvalue weighted by Gasteiger charge is 2.06. The largest absolute Gasteiger partial charge is 0.378 e. The summed E-state index contributed by atoms with van der Waals surface area (Å²) >= 11 is 1.42. The topological polar surface area (TPSA) is 65.2 Å². The number of aromatic nitrogens is 1. The van der Waals surface area contributed by atoms with Gasteiger partial charge in [0.2, 0.25) is 5.13 Å². The molecule has 0 bridgehead atoms. The minimum atomic E-state index is 0.687. The average molecular weight is 379 g/mol. The lowest BCUT2D eigenvalue weighted by Gasteiger charge is -2.11. The third-order valence-corrected chi connectivity index (χ3v) is 4.79. The van der Waals surface area contributed by atoms with Crippen LogP contribution in [0.3, 0.4) is 0 Å². The molecule has 0 aliphatic rings. The molecule has 138 valence electrons. The molecule has 1 N–H and O–H groups in total. The van der Waals surface area contributed by atoms with Crippen LogP contribution in [0.15, 0.2) is 63.9 Å². The molecule has 0 saturated heterocycles. The molecule has 0 radical (unpaired) electrons. The van der Waals surface area contributed by atoms with Crippen molar-refractivity contribution in [3.63, 3.8) is 0 Å². The summed E-state index contributed by atoms with van der Waals surface area (Å²) in [7, 11) is 4.03. The van der Waals surface area contributed by atoms with Crippen LogP contribution in [0.1, 0.15) is 16.8 Å². The predicted molar refractivity (Wildman–Crippen MR) is 114 cm³/mol. The SMILES string of the molecule is Cc1ccc(N=Nc2sc(N/N=C/c3ccc(N(C)C)cc3)nc2C)cc1. The smallest absolute Gasteiger partial charge is 0.205 e. The fraction of sp³-hybridized carbons (Fsp3) is 0.200. The summed E-state index contributed by atoms with van der Waals surface area (Å²) in [5.41, 5.74) is 7.97. The van der Waals surface area contributed by atoms with Gasteiger partial charge < -0.3 is 4.90 Å².